The molecule has 0 aromatic rings. The topological polar surface area (TPSA) is 12.0 Å². The third kappa shape index (κ3) is 1.45. The second kappa shape index (κ2) is 3.18. The van der Waals surface area contributed by atoms with Gasteiger partial charge in [-0.1, -0.05) is 23.8 Å². The van der Waals surface area contributed by atoms with E-state index in [-0.39, 0.29) is 0 Å². The average Bonchev–Trinajstić information content (AvgIpc) is 2.29. The quantitative estimate of drug-likeness (QED) is 0.575. The van der Waals surface area contributed by atoms with Crippen LogP contribution in [0, 0.1) is 0 Å². The fourth-order valence-electron chi connectivity index (χ4n) is 1.73. The van der Waals surface area contributed by atoms with Crippen LogP contribution in [0.3, 0.4) is 0 Å². The maximum Gasteiger partial charge on any atom is 0.0178 e. The summed E-state index contributed by atoms with van der Waals surface area (Å²) in [6.45, 7) is 3.31. The van der Waals surface area contributed by atoms with Crippen molar-refractivity contribution in [1.82, 2.24) is 5.32 Å². The molecule has 2 aliphatic rings. The normalized spacial score (nSPS) is 22.6. The second-order valence-electron chi connectivity index (χ2n) is 3.52. The molecule has 2 rings (SSSR count). The summed E-state index contributed by atoms with van der Waals surface area (Å²) in [4.78, 5) is 0. The molecule has 0 spiro atoms. The minimum Gasteiger partial charge on any atom is -0.388 e. The SMILES string of the molecule is CC1=CCC2=C(C=C1)CCCN2. The molecule has 0 aromatic carbocycles. The molecular weight excluding hydrogens is 146 g/mol. The minimum absolute atomic E-state index is 1.09. The van der Waals surface area contributed by atoms with E-state index in [9.17, 15) is 0 Å². The highest BCUT2D eigenvalue weighted by Gasteiger charge is 2.09. The summed E-state index contributed by atoms with van der Waals surface area (Å²) in [7, 11) is 0. The maximum atomic E-state index is 3.47. The summed E-state index contributed by atoms with van der Waals surface area (Å²) < 4.78 is 0. The summed E-state index contributed by atoms with van der Waals surface area (Å²) in [6.07, 6.45) is 10.4. The first-order chi connectivity index (χ1) is 5.86. The first-order valence-electron chi connectivity index (χ1n) is 4.67. The van der Waals surface area contributed by atoms with Crippen LogP contribution < -0.4 is 5.32 Å². The molecule has 1 N–H and O–H groups in total. The molecule has 0 bridgehead atoms. The molecule has 1 heterocycles. The third-order valence-electron chi connectivity index (χ3n) is 2.52. The van der Waals surface area contributed by atoms with Crippen LogP contribution in [0.5, 0.6) is 0 Å². The van der Waals surface area contributed by atoms with E-state index in [0.29, 0.717) is 0 Å². The van der Waals surface area contributed by atoms with Crippen LogP contribution in [0.4, 0.5) is 0 Å². The van der Waals surface area contributed by atoms with E-state index in [2.05, 4.69) is 30.5 Å². The molecule has 0 fully saturated rings. The summed E-state index contributed by atoms with van der Waals surface area (Å²) >= 11 is 0. The van der Waals surface area contributed by atoms with Gasteiger partial charge in [0.2, 0.25) is 0 Å². The van der Waals surface area contributed by atoms with Crippen LogP contribution in [0.1, 0.15) is 26.2 Å². The average molecular weight is 161 g/mol. The van der Waals surface area contributed by atoms with Crippen molar-refractivity contribution in [3.8, 4) is 0 Å². The molecule has 0 unspecified atom stereocenters. The Labute approximate surface area is 73.9 Å². The monoisotopic (exact) mass is 161 g/mol. The second-order valence-corrected chi connectivity index (χ2v) is 3.52. The van der Waals surface area contributed by atoms with Gasteiger partial charge in [-0.2, -0.15) is 0 Å². The maximum absolute atomic E-state index is 3.47. The molecule has 12 heavy (non-hydrogen) atoms. The van der Waals surface area contributed by atoms with Gasteiger partial charge in [0.05, 0.1) is 0 Å². The van der Waals surface area contributed by atoms with Crippen molar-refractivity contribution in [2.24, 2.45) is 0 Å². The Morgan fingerprint density at radius 1 is 1.33 bits per heavy atom. The van der Waals surface area contributed by atoms with Crippen LogP contribution in [0.2, 0.25) is 0 Å². The first kappa shape index (κ1) is 7.66. The molecule has 0 atom stereocenters. The van der Waals surface area contributed by atoms with Crippen LogP contribution >= 0.6 is 0 Å². The smallest absolute Gasteiger partial charge is 0.0178 e. The number of hydrogen-bond donors (Lipinski definition) is 1. The zero-order valence-corrected chi connectivity index (χ0v) is 7.56. The van der Waals surface area contributed by atoms with Crippen LogP contribution in [0.15, 0.2) is 35.1 Å². The molecule has 0 saturated heterocycles. The molecule has 1 heteroatoms. The van der Waals surface area contributed by atoms with Crippen molar-refractivity contribution >= 4 is 0 Å². The Kier molecular flexibility index (Phi) is 2.03. The van der Waals surface area contributed by atoms with Gasteiger partial charge in [-0.05, 0) is 25.3 Å². The Morgan fingerprint density at radius 2 is 2.25 bits per heavy atom. The molecule has 1 aliphatic carbocycles. The van der Waals surface area contributed by atoms with Gasteiger partial charge in [0.1, 0.15) is 0 Å². The summed E-state index contributed by atoms with van der Waals surface area (Å²) in [6, 6.07) is 0. The summed E-state index contributed by atoms with van der Waals surface area (Å²) in [5, 5.41) is 3.47. The van der Waals surface area contributed by atoms with E-state index in [4.69, 9.17) is 0 Å². The fourth-order valence-corrected chi connectivity index (χ4v) is 1.73. The van der Waals surface area contributed by atoms with Crippen molar-refractivity contribution in [3.05, 3.63) is 35.1 Å². The van der Waals surface area contributed by atoms with Crippen LogP contribution in [-0.2, 0) is 0 Å². The van der Waals surface area contributed by atoms with Crippen LogP contribution in [-0.4, -0.2) is 6.54 Å². The lowest BCUT2D eigenvalue weighted by molar-refractivity contribution is 0.660. The molecule has 0 amide bonds. The van der Waals surface area contributed by atoms with E-state index in [1.807, 2.05) is 0 Å². The van der Waals surface area contributed by atoms with E-state index in [1.54, 1.807) is 0 Å². The van der Waals surface area contributed by atoms with E-state index >= 15 is 0 Å². The number of allylic oxidation sites excluding steroid dienone is 5. The highest BCUT2D eigenvalue weighted by molar-refractivity contribution is 5.36. The predicted molar refractivity (Wildman–Crippen MR) is 51.8 cm³/mol. The molecular formula is C11H15N. The summed E-state index contributed by atoms with van der Waals surface area (Å²) in [5.41, 5.74) is 4.33. The largest absolute Gasteiger partial charge is 0.388 e. The number of hydrogen-bond acceptors (Lipinski definition) is 1. The van der Waals surface area contributed by atoms with E-state index < -0.39 is 0 Å². The molecule has 0 saturated carbocycles. The van der Waals surface area contributed by atoms with Crippen molar-refractivity contribution in [2.75, 3.05) is 6.54 Å². The van der Waals surface area contributed by atoms with Crippen molar-refractivity contribution in [1.29, 1.82) is 0 Å². The van der Waals surface area contributed by atoms with E-state index in [0.717, 1.165) is 13.0 Å². The predicted octanol–water partition coefficient (Wildman–Crippen LogP) is 2.53. The van der Waals surface area contributed by atoms with Gasteiger partial charge in [-0.25, -0.2) is 0 Å². The highest BCUT2D eigenvalue weighted by atomic mass is 14.9. The molecule has 64 valence electrons. The lowest BCUT2D eigenvalue weighted by atomic mass is 10.0. The zero-order valence-electron chi connectivity index (χ0n) is 7.56. The Morgan fingerprint density at radius 3 is 3.17 bits per heavy atom. The Bertz CT molecular complexity index is 269. The van der Waals surface area contributed by atoms with Crippen molar-refractivity contribution < 1.29 is 0 Å². The first-order valence-corrected chi connectivity index (χ1v) is 4.67. The van der Waals surface area contributed by atoms with Crippen LogP contribution in [0.25, 0.3) is 0 Å². The van der Waals surface area contributed by atoms with Gasteiger partial charge >= 0.3 is 0 Å². The molecule has 0 aromatic heterocycles. The standard InChI is InChI=1S/C11H15N/c1-9-4-6-10-3-2-8-12-11(10)7-5-9/h4-6,12H,2-3,7-8H2,1H3. The van der Waals surface area contributed by atoms with Crippen molar-refractivity contribution in [3.63, 3.8) is 0 Å². The number of nitrogens with one attached hydrogen (secondary N) is 1. The van der Waals surface area contributed by atoms with Crippen molar-refractivity contribution in [2.45, 2.75) is 26.2 Å². The van der Waals surface area contributed by atoms with Gasteiger partial charge < -0.3 is 5.32 Å². The van der Waals surface area contributed by atoms with Gasteiger partial charge in [0.25, 0.3) is 0 Å². The molecule has 0 radical (unpaired) electrons. The lowest BCUT2D eigenvalue weighted by Crippen LogP contribution is -2.20. The molecule has 1 nitrogen and oxygen atoms in total. The third-order valence-corrected chi connectivity index (χ3v) is 2.52. The Hall–Kier alpha value is -0.980. The minimum atomic E-state index is 1.09. The van der Waals surface area contributed by atoms with Gasteiger partial charge in [0, 0.05) is 18.7 Å². The van der Waals surface area contributed by atoms with Gasteiger partial charge in [-0.3, -0.25) is 0 Å². The number of rotatable bonds is 0. The lowest BCUT2D eigenvalue weighted by Gasteiger charge is -2.18. The summed E-state index contributed by atoms with van der Waals surface area (Å²) in [5.74, 6) is 0. The zero-order chi connectivity index (χ0) is 8.39. The van der Waals surface area contributed by atoms with Gasteiger partial charge in [0.15, 0.2) is 0 Å². The van der Waals surface area contributed by atoms with E-state index in [1.165, 1.54) is 29.7 Å². The fraction of sp³-hybridized carbons (Fsp3) is 0.455. The highest BCUT2D eigenvalue weighted by Crippen LogP contribution is 2.22. The molecule has 1 aliphatic heterocycles. The van der Waals surface area contributed by atoms with Gasteiger partial charge in [-0.15, -0.1) is 0 Å². The Balaban J connectivity index is 2.26.